The maximum Gasteiger partial charge on any atom is 0.228 e. The average Bonchev–Trinajstić information content (AvgIpc) is 3.31. The van der Waals surface area contributed by atoms with Crippen molar-refractivity contribution in [1.82, 2.24) is 19.7 Å². The van der Waals surface area contributed by atoms with Gasteiger partial charge in [-0.1, -0.05) is 13.8 Å². The van der Waals surface area contributed by atoms with Crippen molar-refractivity contribution in [2.45, 2.75) is 39.8 Å². The van der Waals surface area contributed by atoms with Crippen LogP contribution in [-0.2, 0) is 27.3 Å². The van der Waals surface area contributed by atoms with Crippen LogP contribution in [0.5, 0.6) is 0 Å². The molecule has 9 heteroatoms. The number of hydrogen-bond donors (Lipinski definition) is 1. The van der Waals surface area contributed by atoms with Crippen LogP contribution >= 0.6 is 11.3 Å². The highest BCUT2D eigenvalue weighted by Gasteiger charge is 2.26. The Morgan fingerprint density at radius 2 is 2.26 bits per heavy atom. The molecule has 1 fully saturated rings. The number of amides is 2. The van der Waals surface area contributed by atoms with Gasteiger partial charge in [-0.15, -0.1) is 11.3 Å². The Bertz CT molecular complexity index is 801. The zero-order valence-electron chi connectivity index (χ0n) is 15.8. The lowest BCUT2D eigenvalue weighted by Crippen LogP contribution is -2.42. The first kappa shape index (κ1) is 19.5. The van der Waals surface area contributed by atoms with Crippen molar-refractivity contribution >= 4 is 28.3 Å². The topological polar surface area (TPSA) is 89.4 Å². The van der Waals surface area contributed by atoms with Gasteiger partial charge in [-0.25, -0.2) is 4.98 Å². The third-order valence-corrected chi connectivity index (χ3v) is 5.21. The monoisotopic (exact) mass is 391 g/mol. The van der Waals surface area contributed by atoms with Gasteiger partial charge in [0.05, 0.1) is 31.5 Å². The van der Waals surface area contributed by atoms with E-state index >= 15 is 0 Å². The summed E-state index contributed by atoms with van der Waals surface area (Å²) in [5.74, 6) is -0.176. The molecule has 1 N–H and O–H groups in total. The standard InChI is InChI=1S/C18H25N5O3S/c1-4-23-9-13(8-19-23)15-10-22(5-6-26-15)16(24)7-14-11-27-18(20-14)21-17(25)12(2)3/h8-9,11-12,15H,4-7,10H2,1-3H3,(H,20,21,25)/t15-/m1/s1. The van der Waals surface area contributed by atoms with E-state index in [0.29, 0.717) is 30.5 Å². The molecule has 27 heavy (non-hydrogen) atoms. The van der Waals surface area contributed by atoms with Crippen LogP contribution in [0.15, 0.2) is 17.8 Å². The van der Waals surface area contributed by atoms with Crippen LogP contribution in [0, 0.1) is 5.92 Å². The van der Waals surface area contributed by atoms with Crippen LogP contribution in [0.3, 0.4) is 0 Å². The summed E-state index contributed by atoms with van der Waals surface area (Å²) in [5, 5.41) is 9.39. The normalized spacial score (nSPS) is 17.3. The number of morpholine rings is 1. The number of hydrogen-bond acceptors (Lipinski definition) is 6. The van der Waals surface area contributed by atoms with E-state index in [2.05, 4.69) is 15.4 Å². The average molecular weight is 391 g/mol. The number of carbonyl (C=O) groups excluding carboxylic acids is 2. The molecular formula is C18H25N5O3S. The molecule has 0 aliphatic carbocycles. The zero-order chi connectivity index (χ0) is 19.4. The van der Waals surface area contributed by atoms with Crippen LogP contribution in [0.25, 0.3) is 0 Å². The SMILES string of the molecule is CCn1cc([C@H]2CN(C(=O)Cc3csc(NC(=O)C(C)C)n3)CCO2)cn1. The number of anilines is 1. The fourth-order valence-corrected chi connectivity index (χ4v) is 3.47. The fourth-order valence-electron chi connectivity index (χ4n) is 2.76. The highest BCUT2D eigenvalue weighted by atomic mass is 32.1. The summed E-state index contributed by atoms with van der Waals surface area (Å²) in [4.78, 5) is 30.6. The highest BCUT2D eigenvalue weighted by Crippen LogP contribution is 2.23. The summed E-state index contributed by atoms with van der Waals surface area (Å²) in [5.41, 5.74) is 1.66. The Balaban J connectivity index is 1.57. The molecule has 0 unspecified atom stereocenters. The van der Waals surface area contributed by atoms with E-state index in [1.165, 1.54) is 11.3 Å². The molecule has 0 saturated carbocycles. The third-order valence-electron chi connectivity index (χ3n) is 4.41. The molecule has 0 spiro atoms. The summed E-state index contributed by atoms with van der Waals surface area (Å²) in [7, 11) is 0. The molecule has 0 bridgehead atoms. The van der Waals surface area contributed by atoms with E-state index < -0.39 is 0 Å². The molecule has 1 aliphatic rings. The summed E-state index contributed by atoms with van der Waals surface area (Å²) in [6, 6.07) is 0. The summed E-state index contributed by atoms with van der Waals surface area (Å²) in [6.07, 6.45) is 3.82. The lowest BCUT2D eigenvalue weighted by atomic mass is 10.1. The number of aromatic nitrogens is 3. The second-order valence-corrected chi connectivity index (χ2v) is 7.65. The smallest absolute Gasteiger partial charge is 0.228 e. The van der Waals surface area contributed by atoms with Gasteiger partial charge in [-0.05, 0) is 6.92 Å². The molecule has 3 rings (SSSR count). The highest BCUT2D eigenvalue weighted by molar-refractivity contribution is 7.13. The Morgan fingerprint density at radius 3 is 2.96 bits per heavy atom. The van der Waals surface area contributed by atoms with Gasteiger partial charge >= 0.3 is 0 Å². The molecule has 2 amide bonds. The predicted molar refractivity (Wildman–Crippen MR) is 102 cm³/mol. The van der Waals surface area contributed by atoms with Gasteiger partial charge in [0.25, 0.3) is 0 Å². The van der Waals surface area contributed by atoms with Crippen molar-refractivity contribution in [2.75, 3.05) is 25.0 Å². The minimum absolute atomic E-state index is 0.0122. The van der Waals surface area contributed by atoms with Crippen LogP contribution in [-0.4, -0.2) is 51.2 Å². The van der Waals surface area contributed by atoms with E-state index in [0.717, 1.165) is 12.1 Å². The Kier molecular flexibility index (Phi) is 6.22. The molecule has 8 nitrogen and oxygen atoms in total. The Morgan fingerprint density at radius 1 is 1.44 bits per heavy atom. The van der Waals surface area contributed by atoms with Crippen LogP contribution in [0.1, 0.15) is 38.1 Å². The number of thiazole rings is 1. The minimum Gasteiger partial charge on any atom is -0.370 e. The van der Waals surface area contributed by atoms with Crippen LogP contribution < -0.4 is 5.32 Å². The number of nitrogens with one attached hydrogen (secondary N) is 1. The zero-order valence-corrected chi connectivity index (χ0v) is 16.7. The van der Waals surface area contributed by atoms with E-state index in [-0.39, 0.29) is 30.3 Å². The van der Waals surface area contributed by atoms with E-state index in [1.54, 1.807) is 6.20 Å². The molecular weight excluding hydrogens is 366 g/mol. The number of aryl methyl sites for hydroxylation is 1. The molecule has 3 heterocycles. The van der Waals surface area contributed by atoms with Crippen LogP contribution in [0.4, 0.5) is 5.13 Å². The number of nitrogens with zero attached hydrogens (tertiary/aromatic N) is 4. The third kappa shape index (κ3) is 4.92. The van der Waals surface area contributed by atoms with Gasteiger partial charge in [0.15, 0.2) is 5.13 Å². The number of carbonyl (C=O) groups is 2. The molecule has 1 saturated heterocycles. The van der Waals surface area contributed by atoms with Gasteiger partial charge in [-0.2, -0.15) is 5.10 Å². The minimum atomic E-state index is -0.153. The van der Waals surface area contributed by atoms with Crippen molar-refractivity contribution in [1.29, 1.82) is 0 Å². The summed E-state index contributed by atoms with van der Waals surface area (Å²) in [6.45, 7) is 8.06. The van der Waals surface area contributed by atoms with Gasteiger partial charge in [0.2, 0.25) is 11.8 Å². The quantitative estimate of drug-likeness (QED) is 0.814. The van der Waals surface area contributed by atoms with E-state index in [4.69, 9.17) is 4.74 Å². The second kappa shape index (κ2) is 8.62. The first-order chi connectivity index (χ1) is 13.0. The molecule has 1 aliphatic heterocycles. The molecule has 2 aromatic rings. The Labute approximate surface area is 162 Å². The molecule has 2 aromatic heterocycles. The van der Waals surface area contributed by atoms with Crippen molar-refractivity contribution in [3.63, 3.8) is 0 Å². The van der Waals surface area contributed by atoms with E-state index in [1.807, 2.05) is 41.9 Å². The molecule has 146 valence electrons. The lowest BCUT2D eigenvalue weighted by Gasteiger charge is -2.32. The maximum absolute atomic E-state index is 12.7. The first-order valence-electron chi connectivity index (χ1n) is 9.13. The van der Waals surface area contributed by atoms with Crippen molar-refractivity contribution < 1.29 is 14.3 Å². The first-order valence-corrected chi connectivity index (χ1v) is 10.0. The summed E-state index contributed by atoms with van der Waals surface area (Å²) >= 11 is 1.34. The fraction of sp³-hybridized carbons (Fsp3) is 0.556. The molecule has 0 aromatic carbocycles. The number of rotatable bonds is 6. The van der Waals surface area contributed by atoms with Crippen molar-refractivity contribution in [2.24, 2.45) is 5.92 Å². The second-order valence-electron chi connectivity index (χ2n) is 6.79. The Hall–Kier alpha value is -2.26. The molecule has 0 radical (unpaired) electrons. The molecule has 1 atom stereocenters. The number of ether oxygens (including phenoxy) is 1. The van der Waals surface area contributed by atoms with Gasteiger partial charge in [0.1, 0.15) is 6.10 Å². The van der Waals surface area contributed by atoms with Gasteiger partial charge in [-0.3, -0.25) is 14.3 Å². The van der Waals surface area contributed by atoms with Crippen LogP contribution in [0.2, 0.25) is 0 Å². The summed E-state index contributed by atoms with van der Waals surface area (Å²) < 4.78 is 7.66. The lowest BCUT2D eigenvalue weighted by molar-refractivity contribution is -0.138. The van der Waals surface area contributed by atoms with Gasteiger partial charge < -0.3 is 15.0 Å². The predicted octanol–water partition coefficient (Wildman–Crippen LogP) is 2.10. The van der Waals surface area contributed by atoms with Crippen molar-refractivity contribution in [3.05, 3.63) is 29.0 Å². The van der Waals surface area contributed by atoms with E-state index in [9.17, 15) is 9.59 Å². The van der Waals surface area contributed by atoms with Crippen molar-refractivity contribution in [3.8, 4) is 0 Å². The largest absolute Gasteiger partial charge is 0.370 e. The van der Waals surface area contributed by atoms with Gasteiger partial charge in [0, 0.05) is 36.1 Å². The maximum atomic E-state index is 12.7.